The van der Waals surface area contributed by atoms with Crippen LogP contribution in [0.15, 0.2) is 59.4 Å². The summed E-state index contributed by atoms with van der Waals surface area (Å²) >= 11 is 0. The monoisotopic (exact) mass is 323 g/mol. The molecule has 6 nitrogen and oxygen atoms in total. The zero-order valence-corrected chi connectivity index (χ0v) is 13.4. The normalized spacial score (nSPS) is 10.6. The fraction of sp³-hybridized carbons (Fsp3) is 0.167. The smallest absolute Gasteiger partial charge is 0.258 e. The van der Waals surface area contributed by atoms with Crippen LogP contribution in [-0.4, -0.2) is 22.2 Å². The van der Waals surface area contributed by atoms with E-state index < -0.39 is 0 Å². The summed E-state index contributed by atoms with van der Waals surface area (Å²) in [7, 11) is 0. The van der Waals surface area contributed by atoms with Crippen LogP contribution >= 0.6 is 0 Å². The van der Waals surface area contributed by atoms with Crippen molar-refractivity contribution in [3.8, 4) is 17.0 Å². The fourth-order valence-electron chi connectivity index (χ4n) is 2.13. The van der Waals surface area contributed by atoms with Crippen LogP contribution in [0.2, 0.25) is 0 Å². The molecule has 0 bridgehead atoms. The Morgan fingerprint density at radius 2 is 1.83 bits per heavy atom. The van der Waals surface area contributed by atoms with Gasteiger partial charge in [0, 0.05) is 29.6 Å². The zero-order chi connectivity index (χ0) is 16.9. The first kappa shape index (κ1) is 15.7. The Bertz CT molecular complexity index is 811. The molecular formula is C18H17N3O3. The van der Waals surface area contributed by atoms with Gasteiger partial charge >= 0.3 is 0 Å². The van der Waals surface area contributed by atoms with Gasteiger partial charge in [0.25, 0.3) is 5.91 Å². The van der Waals surface area contributed by atoms with Crippen LogP contribution in [0.3, 0.4) is 0 Å². The lowest BCUT2D eigenvalue weighted by atomic mass is 10.2. The molecule has 6 heteroatoms. The Kier molecular flexibility index (Phi) is 4.56. The van der Waals surface area contributed by atoms with Gasteiger partial charge < -0.3 is 9.26 Å². The second-order valence-electron chi connectivity index (χ2n) is 5.46. The van der Waals surface area contributed by atoms with Gasteiger partial charge in [0.05, 0.1) is 6.10 Å². The predicted octanol–water partition coefficient (Wildman–Crippen LogP) is 3.78. The van der Waals surface area contributed by atoms with Crippen molar-refractivity contribution in [1.29, 1.82) is 0 Å². The molecule has 0 aliphatic carbocycles. The highest BCUT2D eigenvalue weighted by molar-refractivity contribution is 6.03. The molecule has 0 saturated heterocycles. The Hall–Kier alpha value is -3.15. The number of amides is 1. The molecular weight excluding hydrogens is 306 g/mol. The minimum Gasteiger partial charge on any atom is -0.491 e. The van der Waals surface area contributed by atoms with Gasteiger partial charge in [-0.1, -0.05) is 5.16 Å². The molecule has 0 atom stereocenters. The second kappa shape index (κ2) is 6.95. The molecule has 3 rings (SSSR count). The van der Waals surface area contributed by atoms with Crippen molar-refractivity contribution in [3.05, 3.63) is 60.4 Å². The van der Waals surface area contributed by atoms with E-state index >= 15 is 0 Å². The Morgan fingerprint density at radius 1 is 1.12 bits per heavy atom. The first-order chi connectivity index (χ1) is 11.6. The van der Waals surface area contributed by atoms with E-state index in [1.54, 1.807) is 42.7 Å². The summed E-state index contributed by atoms with van der Waals surface area (Å²) in [6, 6.07) is 12.2. The number of aromatic nitrogens is 2. The minimum atomic E-state index is -0.275. The van der Waals surface area contributed by atoms with Gasteiger partial charge in [0.2, 0.25) is 5.88 Å². The SMILES string of the molecule is CC(C)Oc1ccc(C(=O)Nc2cc(-c3ccncc3)no2)cc1. The van der Waals surface area contributed by atoms with E-state index in [-0.39, 0.29) is 17.9 Å². The maximum Gasteiger partial charge on any atom is 0.258 e. The number of nitrogens with one attached hydrogen (secondary N) is 1. The average Bonchev–Trinajstić information content (AvgIpc) is 3.04. The number of nitrogens with zero attached hydrogens (tertiary/aromatic N) is 2. The van der Waals surface area contributed by atoms with E-state index in [1.807, 2.05) is 26.0 Å². The molecule has 1 N–H and O–H groups in total. The largest absolute Gasteiger partial charge is 0.491 e. The molecule has 1 amide bonds. The van der Waals surface area contributed by atoms with Crippen LogP contribution in [0.1, 0.15) is 24.2 Å². The molecule has 3 aromatic rings. The number of hydrogen-bond acceptors (Lipinski definition) is 5. The fourth-order valence-corrected chi connectivity index (χ4v) is 2.13. The summed E-state index contributed by atoms with van der Waals surface area (Å²) < 4.78 is 10.7. The molecule has 0 radical (unpaired) electrons. The summed E-state index contributed by atoms with van der Waals surface area (Å²) in [4.78, 5) is 16.2. The van der Waals surface area contributed by atoms with Gasteiger partial charge in [0.15, 0.2) is 0 Å². The van der Waals surface area contributed by atoms with Crippen molar-refractivity contribution in [3.63, 3.8) is 0 Å². The number of carbonyl (C=O) groups is 1. The van der Waals surface area contributed by atoms with Crippen LogP contribution < -0.4 is 10.1 Å². The number of benzene rings is 1. The van der Waals surface area contributed by atoms with E-state index in [9.17, 15) is 4.79 Å². The molecule has 122 valence electrons. The maximum atomic E-state index is 12.2. The molecule has 0 fully saturated rings. The highest BCUT2D eigenvalue weighted by Gasteiger charge is 2.11. The Morgan fingerprint density at radius 3 is 2.50 bits per heavy atom. The van der Waals surface area contributed by atoms with E-state index in [0.29, 0.717) is 11.3 Å². The first-order valence-corrected chi connectivity index (χ1v) is 7.57. The van der Waals surface area contributed by atoms with E-state index in [2.05, 4.69) is 15.5 Å². The predicted molar refractivity (Wildman–Crippen MR) is 89.9 cm³/mol. The summed E-state index contributed by atoms with van der Waals surface area (Å²) in [5.41, 5.74) is 2.01. The molecule has 1 aromatic carbocycles. The molecule has 0 aliphatic heterocycles. The molecule has 2 heterocycles. The lowest BCUT2D eigenvalue weighted by Gasteiger charge is -2.09. The summed E-state index contributed by atoms with van der Waals surface area (Å²) in [6.07, 6.45) is 3.43. The molecule has 0 saturated carbocycles. The lowest BCUT2D eigenvalue weighted by molar-refractivity contribution is 0.102. The van der Waals surface area contributed by atoms with E-state index in [0.717, 1.165) is 11.3 Å². The van der Waals surface area contributed by atoms with Crippen molar-refractivity contribution in [2.45, 2.75) is 20.0 Å². The van der Waals surface area contributed by atoms with Crippen LogP contribution in [0.25, 0.3) is 11.3 Å². The van der Waals surface area contributed by atoms with Gasteiger partial charge in [-0.15, -0.1) is 0 Å². The summed E-state index contributed by atoms with van der Waals surface area (Å²) in [5, 5.41) is 6.63. The standard InChI is InChI=1S/C18H17N3O3/c1-12(2)23-15-5-3-14(4-6-15)18(22)20-17-11-16(21-24-17)13-7-9-19-10-8-13/h3-12H,1-2H3,(H,20,22). The van der Waals surface area contributed by atoms with Gasteiger partial charge in [-0.05, 0) is 50.2 Å². The van der Waals surface area contributed by atoms with Crippen LogP contribution in [0.5, 0.6) is 5.75 Å². The van der Waals surface area contributed by atoms with E-state index in [1.165, 1.54) is 0 Å². The van der Waals surface area contributed by atoms with Crippen molar-refractivity contribution in [1.82, 2.24) is 10.1 Å². The summed E-state index contributed by atoms with van der Waals surface area (Å²) in [6.45, 7) is 3.90. The number of hydrogen-bond donors (Lipinski definition) is 1. The topological polar surface area (TPSA) is 77.2 Å². The number of anilines is 1. The summed E-state index contributed by atoms with van der Waals surface area (Å²) in [5.74, 6) is 0.735. The highest BCUT2D eigenvalue weighted by atomic mass is 16.5. The molecule has 24 heavy (non-hydrogen) atoms. The van der Waals surface area contributed by atoms with Gasteiger partial charge in [-0.3, -0.25) is 15.1 Å². The lowest BCUT2D eigenvalue weighted by Crippen LogP contribution is -2.11. The number of carbonyl (C=O) groups excluding carboxylic acids is 1. The average molecular weight is 323 g/mol. The Labute approximate surface area is 139 Å². The van der Waals surface area contributed by atoms with Crippen molar-refractivity contribution >= 4 is 11.8 Å². The van der Waals surface area contributed by atoms with Gasteiger partial charge in [0.1, 0.15) is 11.4 Å². The first-order valence-electron chi connectivity index (χ1n) is 7.57. The third-order valence-electron chi connectivity index (χ3n) is 3.21. The van der Waals surface area contributed by atoms with E-state index in [4.69, 9.17) is 9.26 Å². The quantitative estimate of drug-likeness (QED) is 0.773. The molecule has 0 aliphatic rings. The maximum absolute atomic E-state index is 12.2. The van der Waals surface area contributed by atoms with Crippen LogP contribution in [-0.2, 0) is 0 Å². The van der Waals surface area contributed by atoms with Crippen molar-refractivity contribution < 1.29 is 14.1 Å². The Balaban J connectivity index is 1.68. The number of rotatable bonds is 5. The van der Waals surface area contributed by atoms with Crippen LogP contribution in [0, 0.1) is 0 Å². The zero-order valence-electron chi connectivity index (χ0n) is 13.4. The number of ether oxygens (including phenoxy) is 1. The van der Waals surface area contributed by atoms with Crippen molar-refractivity contribution in [2.75, 3.05) is 5.32 Å². The van der Waals surface area contributed by atoms with Gasteiger partial charge in [-0.25, -0.2) is 0 Å². The highest BCUT2D eigenvalue weighted by Crippen LogP contribution is 2.21. The number of pyridine rings is 1. The van der Waals surface area contributed by atoms with Crippen molar-refractivity contribution in [2.24, 2.45) is 0 Å². The molecule has 0 spiro atoms. The molecule has 2 aromatic heterocycles. The van der Waals surface area contributed by atoms with Crippen LogP contribution in [0.4, 0.5) is 5.88 Å². The van der Waals surface area contributed by atoms with Gasteiger partial charge in [-0.2, -0.15) is 0 Å². The third-order valence-corrected chi connectivity index (χ3v) is 3.21. The third kappa shape index (κ3) is 3.78. The minimum absolute atomic E-state index is 0.0884. The second-order valence-corrected chi connectivity index (χ2v) is 5.46. The molecule has 0 unspecified atom stereocenters.